The van der Waals surface area contributed by atoms with Gasteiger partial charge in [0.25, 0.3) is 0 Å². The third-order valence-corrected chi connectivity index (χ3v) is 3.99. The Morgan fingerprint density at radius 2 is 1.93 bits per heavy atom. The zero-order chi connectivity index (χ0) is 20.4. The second-order valence-electron chi connectivity index (χ2n) is 6.05. The van der Waals surface area contributed by atoms with Gasteiger partial charge in [0.05, 0.1) is 14.2 Å². The molecular weight excluding hydrogens is 485 g/mol. The number of hydrogen-bond donors (Lipinski definition) is 3. The van der Waals surface area contributed by atoms with Gasteiger partial charge in [0, 0.05) is 44.4 Å². The highest BCUT2D eigenvalue weighted by Crippen LogP contribution is 2.24. The van der Waals surface area contributed by atoms with E-state index < -0.39 is 0 Å². The summed E-state index contributed by atoms with van der Waals surface area (Å²) in [6.45, 7) is 2.91. The molecule has 0 aliphatic heterocycles. The van der Waals surface area contributed by atoms with Crippen molar-refractivity contribution in [1.82, 2.24) is 15.6 Å². The van der Waals surface area contributed by atoms with Crippen LogP contribution in [0, 0.1) is 6.92 Å². The molecule has 0 atom stereocenters. The third kappa shape index (κ3) is 8.14. The van der Waals surface area contributed by atoms with Crippen LogP contribution in [0.5, 0.6) is 11.5 Å². The van der Waals surface area contributed by atoms with E-state index in [1.54, 1.807) is 33.5 Å². The fourth-order valence-electron chi connectivity index (χ4n) is 2.44. The molecule has 0 saturated carbocycles. The van der Waals surface area contributed by atoms with Crippen molar-refractivity contribution in [2.45, 2.75) is 19.9 Å². The van der Waals surface area contributed by atoms with Crippen molar-refractivity contribution in [3.63, 3.8) is 0 Å². The van der Waals surface area contributed by atoms with E-state index in [4.69, 9.17) is 9.47 Å². The highest BCUT2D eigenvalue weighted by Gasteiger charge is 2.07. The average molecular weight is 513 g/mol. The number of halogens is 1. The number of carbonyl (C=O) groups is 1. The van der Waals surface area contributed by atoms with E-state index in [1.165, 1.54) is 0 Å². The van der Waals surface area contributed by atoms with Gasteiger partial charge in [0.15, 0.2) is 5.96 Å². The molecule has 3 N–H and O–H groups in total. The first kappa shape index (κ1) is 24.5. The predicted molar refractivity (Wildman–Crippen MR) is 125 cm³/mol. The van der Waals surface area contributed by atoms with Crippen molar-refractivity contribution < 1.29 is 14.3 Å². The Morgan fingerprint density at radius 3 is 2.55 bits per heavy atom. The van der Waals surface area contributed by atoms with Gasteiger partial charge in [-0.3, -0.25) is 9.79 Å². The summed E-state index contributed by atoms with van der Waals surface area (Å²) in [4.78, 5) is 20.3. The van der Waals surface area contributed by atoms with E-state index >= 15 is 0 Å². The van der Waals surface area contributed by atoms with Crippen LogP contribution in [0.3, 0.4) is 0 Å². The van der Waals surface area contributed by atoms with Crippen LogP contribution in [0.2, 0.25) is 0 Å². The summed E-state index contributed by atoms with van der Waals surface area (Å²) in [5.74, 6) is 2.49. The number of rotatable bonds is 8. The fourth-order valence-corrected chi connectivity index (χ4v) is 2.44. The quantitative estimate of drug-likeness (QED) is 0.286. The van der Waals surface area contributed by atoms with E-state index in [-0.39, 0.29) is 29.9 Å². The highest BCUT2D eigenvalue weighted by molar-refractivity contribution is 14.0. The molecule has 1 aromatic carbocycles. The lowest BCUT2D eigenvalue weighted by atomic mass is 10.2. The normalized spacial score (nSPS) is 10.6. The maximum absolute atomic E-state index is 12.0. The molecular formula is C20H28IN5O3. The number of nitrogens with zero attached hydrogens (tertiary/aromatic N) is 2. The number of ether oxygens (including phenoxy) is 2. The first-order valence-corrected chi connectivity index (χ1v) is 8.93. The van der Waals surface area contributed by atoms with E-state index in [2.05, 4.69) is 25.9 Å². The van der Waals surface area contributed by atoms with Crippen LogP contribution >= 0.6 is 24.0 Å². The molecule has 2 rings (SSSR count). The third-order valence-electron chi connectivity index (χ3n) is 3.99. The number of aryl methyl sites for hydroxylation is 1. The second-order valence-corrected chi connectivity index (χ2v) is 6.05. The number of aromatic nitrogens is 1. The van der Waals surface area contributed by atoms with Gasteiger partial charge < -0.3 is 25.4 Å². The monoisotopic (exact) mass is 513 g/mol. The minimum absolute atomic E-state index is 0. The molecule has 0 fully saturated rings. The Bertz CT molecular complexity index is 812. The largest absolute Gasteiger partial charge is 0.497 e. The number of methoxy groups -OCH3 is 2. The lowest BCUT2D eigenvalue weighted by molar-refractivity contribution is -0.116. The molecule has 1 amide bonds. The summed E-state index contributed by atoms with van der Waals surface area (Å²) in [5, 5.41) is 9.09. The van der Waals surface area contributed by atoms with Crippen LogP contribution in [-0.4, -0.2) is 44.7 Å². The van der Waals surface area contributed by atoms with Crippen LogP contribution < -0.4 is 25.4 Å². The number of guanidine groups is 1. The molecule has 1 heterocycles. The van der Waals surface area contributed by atoms with Crippen molar-refractivity contribution in [1.29, 1.82) is 0 Å². The molecule has 0 unspecified atom stereocenters. The molecule has 0 spiro atoms. The molecule has 0 bridgehead atoms. The van der Waals surface area contributed by atoms with Gasteiger partial charge in [-0.25, -0.2) is 4.98 Å². The Balaban J connectivity index is 0.00000420. The van der Waals surface area contributed by atoms with Crippen molar-refractivity contribution in [3.8, 4) is 11.5 Å². The number of amides is 1. The van der Waals surface area contributed by atoms with Crippen molar-refractivity contribution >= 4 is 41.7 Å². The zero-order valence-electron chi connectivity index (χ0n) is 17.1. The number of nitrogens with one attached hydrogen (secondary N) is 3. The summed E-state index contributed by atoms with van der Waals surface area (Å²) in [7, 11) is 4.91. The maximum atomic E-state index is 12.0. The Morgan fingerprint density at radius 1 is 1.14 bits per heavy atom. The van der Waals surface area contributed by atoms with Crippen molar-refractivity contribution in [2.75, 3.05) is 33.1 Å². The van der Waals surface area contributed by atoms with Crippen LogP contribution in [0.15, 0.2) is 41.5 Å². The van der Waals surface area contributed by atoms with Gasteiger partial charge in [-0.2, -0.15) is 0 Å². The molecule has 0 aliphatic carbocycles. The summed E-state index contributed by atoms with van der Waals surface area (Å²) in [6.07, 6.45) is 2.01. The molecule has 9 heteroatoms. The molecule has 2 aromatic rings. The standard InChI is InChI=1S/C20H27N5O3.HI/c1-14-5-8-18(23-12-14)25-19(26)9-10-22-20(21-2)24-13-15-6-7-16(27-3)11-17(15)28-4;/h5-8,11-12H,9-10,13H2,1-4H3,(H2,21,22,24)(H,23,25,26);1H. The number of anilines is 1. The number of hydrogen-bond acceptors (Lipinski definition) is 5. The van der Waals surface area contributed by atoms with E-state index in [0.717, 1.165) is 22.6 Å². The zero-order valence-corrected chi connectivity index (χ0v) is 19.4. The van der Waals surface area contributed by atoms with Gasteiger partial charge >= 0.3 is 0 Å². The fraction of sp³-hybridized carbons (Fsp3) is 0.350. The molecule has 158 valence electrons. The number of carbonyl (C=O) groups excluding carboxylic acids is 1. The number of benzene rings is 1. The van der Waals surface area contributed by atoms with Crippen LogP contribution in [0.4, 0.5) is 5.82 Å². The van der Waals surface area contributed by atoms with Gasteiger partial charge in [-0.1, -0.05) is 6.07 Å². The minimum atomic E-state index is -0.115. The van der Waals surface area contributed by atoms with Crippen molar-refractivity contribution in [3.05, 3.63) is 47.7 Å². The maximum Gasteiger partial charge on any atom is 0.227 e. The first-order chi connectivity index (χ1) is 13.5. The van der Waals surface area contributed by atoms with Crippen molar-refractivity contribution in [2.24, 2.45) is 4.99 Å². The number of aliphatic imine (C=N–C) groups is 1. The Kier molecular flexibility index (Phi) is 10.8. The Hall–Kier alpha value is -2.56. The first-order valence-electron chi connectivity index (χ1n) is 8.93. The van der Waals surface area contributed by atoms with E-state index in [1.807, 2.05) is 31.2 Å². The van der Waals surface area contributed by atoms with E-state index in [0.29, 0.717) is 31.3 Å². The van der Waals surface area contributed by atoms with Crippen LogP contribution in [0.1, 0.15) is 17.5 Å². The smallest absolute Gasteiger partial charge is 0.227 e. The molecule has 29 heavy (non-hydrogen) atoms. The van der Waals surface area contributed by atoms with Gasteiger partial charge in [-0.15, -0.1) is 24.0 Å². The summed E-state index contributed by atoms with van der Waals surface area (Å²) in [5.41, 5.74) is 2.01. The average Bonchev–Trinajstić information content (AvgIpc) is 2.72. The minimum Gasteiger partial charge on any atom is -0.497 e. The molecule has 1 aromatic heterocycles. The number of pyridine rings is 1. The topological polar surface area (TPSA) is 96.9 Å². The van der Waals surface area contributed by atoms with Gasteiger partial charge in [-0.05, 0) is 30.7 Å². The van der Waals surface area contributed by atoms with Crippen LogP contribution in [0.25, 0.3) is 0 Å². The van der Waals surface area contributed by atoms with Crippen LogP contribution in [-0.2, 0) is 11.3 Å². The highest BCUT2D eigenvalue weighted by atomic mass is 127. The Labute approximate surface area is 188 Å². The SMILES string of the molecule is CN=C(NCCC(=O)Nc1ccc(C)cn1)NCc1ccc(OC)cc1OC.I. The molecule has 0 aliphatic rings. The second kappa shape index (κ2) is 12.8. The van der Waals surface area contributed by atoms with Gasteiger partial charge in [0.1, 0.15) is 17.3 Å². The predicted octanol–water partition coefficient (Wildman–Crippen LogP) is 2.72. The summed E-state index contributed by atoms with van der Waals surface area (Å²) in [6, 6.07) is 9.32. The molecule has 0 saturated heterocycles. The lowest BCUT2D eigenvalue weighted by Crippen LogP contribution is -2.38. The lowest BCUT2D eigenvalue weighted by Gasteiger charge is -2.14. The summed E-state index contributed by atoms with van der Waals surface area (Å²) < 4.78 is 10.6. The van der Waals surface area contributed by atoms with Gasteiger partial charge in [0.2, 0.25) is 5.91 Å². The summed E-state index contributed by atoms with van der Waals surface area (Å²) >= 11 is 0. The van der Waals surface area contributed by atoms with E-state index in [9.17, 15) is 4.79 Å². The molecule has 8 nitrogen and oxygen atoms in total. The molecule has 0 radical (unpaired) electrons.